The lowest BCUT2D eigenvalue weighted by molar-refractivity contribution is -0.145. The molecular weight excluding hydrogens is 292 g/mol. The molecule has 1 aliphatic rings. The zero-order valence-electron chi connectivity index (χ0n) is 13.5. The molecule has 0 aromatic heterocycles. The van der Waals surface area contributed by atoms with Crippen molar-refractivity contribution in [1.29, 1.82) is 0 Å². The Kier molecular flexibility index (Phi) is 7.09. The molecule has 0 spiro atoms. The first kappa shape index (κ1) is 18.4. The quantitative estimate of drug-likeness (QED) is 0.623. The number of hydrogen-bond acceptors (Lipinski definition) is 5. The number of sulfonamides is 1. The predicted molar refractivity (Wildman–Crippen MR) is 82.5 cm³/mol. The normalized spacial score (nSPS) is 23.0. The number of rotatable bonds is 8. The Morgan fingerprint density at radius 3 is 2.38 bits per heavy atom. The summed E-state index contributed by atoms with van der Waals surface area (Å²) in [4.78, 5) is 13.8. The minimum atomic E-state index is -3.46. The maximum Gasteiger partial charge on any atom is 0.310 e. The molecule has 0 aromatic rings. The van der Waals surface area contributed by atoms with Gasteiger partial charge in [0, 0.05) is 19.6 Å². The number of ether oxygens (including phenoxy) is 1. The van der Waals surface area contributed by atoms with Crippen LogP contribution in [0.25, 0.3) is 0 Å². The van der Waals surface area contributed by atoms with E-state index in [0.717, 1.165) is 12.8 Å². The van der Waals surface area contributed by atoms with Crippen LogP contribution in [0, 0.1) is 5.92 Å². The van der Waals surface area contributed by atoms with Crippen LogP contribution in [0.1, 0.15) is 32.6 Å². The lowest BCUT2D eigenvalue weighted by atomic mass is 10.1. The highest BCUT2D eigenvalue weighted by atomic mass is 32.2. The Balaban J connectivity index is 2.90. The van der Waals surface area contributed by atoms with Gasteiger partial charge >= 0.3 is 5.97 Å². The molecule has 0 aliphatic heterocycles. The molecule has 0 saturated heterocycles. The number of hydrogen-bond donors (Lipinski definition) is 0. The van der Waals surface area contributed by atoms with Crippen molar-refractivity contribution in [3.8, 4) is 0 Å². The van der Waals surface area contributed by atoms with E-state index in [0.29, 0.717) is 32.5 Å². The van der Waals surface area contributed by atoms with Crippen molar-refractivity contribution in [2.24, 2.45) is 5.92 Å². The number of carbonyl (C=O) groups excluding carboxylic acids is 1. The third-order valence-electron chi connectivity index (χ3n) is 3.97. The summed E-state index contributed by atoms with van der Waals surface area (Å²) < 4.78 is 32.0. The van der Waals surface area contributed by atoms with Gasteiger partial charge in [0.05, 0.1) is 18.3 Å². The summed E-state index contributed by atoms with van der Waals surface area (Å²) in [6.45, 7) is 3.60. The summed E-state index contributed by atoms with van der Waals surface area (Å²) >= 11 is 0. The molecule has 0 bridgehead atoms. The standard InChI is InChI=1S/C14H28N2O4S/c1-5-9-16(11-10-15(2)3)21(18,19)13-8-6-7-12(13)14(17)20-4/h12-13H,5-11H2,1-4H3. The van der Waals surface area contributed by atoms with Gasteiger partial charge in [0.1, 0.15) is 0 Å². The summed E-state index contributed by atoms with van der Waals surface area (Å²) in [6, 6.07) is 0. The van der Waals surface area contributed by atoms with E-state index in [4.69, 9.17) is 4.74 Å². The highest BCUT2D eigenvalue weighted by Crippen LogP contribution is 2.33. The smallest absolute Gasteiger partial charge is 0.310 e. The fraction of sp³-hybridized carbons (Fsp3) is 0.929. The van der Waals surface area contributed by atoms with Crippen molar-refractivity contribution in [3.63, 3.8) is 0 Å². The third kappa shape index (κ3) is 4.66. The Labute approximate surface area is 128 Å². The summed E-state index contributed by atoms with van der Waals surface area (Å²) in [6.07, 6.45) is 2.67. The first-order valence-electron chi connectivity index (χ1n) is 7.56. The minimum absolute atomic E-state index is 0.398. The SMILES string of the molecule is CCCN(CCN(C)C)S(=O)(=O)C1CCCC1C(=O)OC. The zero-order valence-corrected chi connectivity index (χ0v) is 14.4. The van der Waals surface area contributed by atoms with Gasteiger partial charge in [0.25, 0.3) is 0 Å². The third-order valence-corrected chi connectivity index (χ3v) is 6.38. The molecule has 0 heterocycles. The molecular formula is C14H28N2O4S. The number of carbonyl (C=O) groups is 1. The Bertz CT molecular complexity index is 436. The van der Waals surface area contributed by atoms with E-state index in [1.807, 2.05) is 25.9 Å². The molecule has 0 radical (unpaired) electrons. The van der Waals surface area contributed by atoms with Crippen molar-refractivity contribution >= 4 is 16.0 Å². The first-order chi connectivity index (χ1) is 9.84. The van der Waals surface area contributed by atoms with Crippen LogP contribution >= 0.6 is 0 Å². The fourth-order valence-electron chi connectivity index (χ4n) is 2.82. The minimum Gasteiger partial charge on any atom is -0.469 e. The topological polar surface area (TPSA) is 66.9 Å². The van der Waals surface area contributed by atoms with Crippen LogP contribution < -0.4 is 0 Å². The van der Waals surface area contributed by atoms with Crippen molar-refractivity contribution in [2.45, 2.75) is 37.9 Å². The Morgan fingerprint density at radius 1 is 1.19 bits per heavy atom. The van der Waals surface area contributed by atoms with E-state index in [-0.39, 0.29) is 0 Å². The number of esters is 1. The largest absolute Gasteiger partial charge is 0.469 e. The number of nitrogens with zero attached hydrogens (tertiary/aromatic N) is 2. The molecule has 1 aliphatic carbocycles. The predicted octanol–water partition coefficient (Wildman–Crippen LogP) is 0.932. The highest BCUT2D eigenvalue weighted by molar-refractivity contribution is 7.89. The number of likely N-dealkylation sites (N-methyl/N-ethyl adjacent to an activating group) is 1. The molecule has 6 nitrogen and oxygen atoms in total. The van der Waals surface area contributed by atoms with Gasteiger partial charge < -0.3 is 9.64 Å². The summed E-state index contributed by atoms with van der Waals surface area (Å²) in [7, 11) is 1.70. The van der Waals surface area contributed by atoms with E-state index in [9.17, 15) is 13.2 Å². The zero-order chi connectivity index (χ0) is 16.0. The van der Waals surface area contributed by atoms with E-state index < -0.39 is 27.2 Å². The second-order valence-electron chi connectivity index (χ2n) is 5.85. The Morgan fingerprint density at radius 2 is 1.86 bits per heavy atom. The summed E-state index contributed by atoms with van der Waals surface area (Å²) in [5.74, 6) is -0.913. The maximum atomic E-state index is 12.9. The lowest BCUT2D eigenvalue weighted by Gasteiger charge is -2.28. The van der Waals surface area contributed by atoms with Gasteiger partial charge in [0.15, 0.2) is 0 Å². The molecule has 0 amide bonds. The van der Waals surface area contributed by atoms with E-state index >= 15 is 0 Å². The number of methoxy groups -OCH3 is 1. The van der Waals surface area contributed by atoms with E-state index in [1.165, 1.54) is 7.11 Å². The average molecular weight is 320 g/mol. The van der Waals surface area contributed by atoms with Crippen LogP contribution in [0.4, 0.5) is 0 Å². The molecule has 7 heteroatoms. The molecule has 0 aromatic carbocycles. The van der Waals surface area contributed by atoms with Crippen molar-refractivity contribution < 1.29 is 17.9 Å². The molecule has 2 unspecified atom stereocenters. The summed E-state index contributed by atoms with van der Waals surface area (Å²) in [5, 5.41) is -0.626. The fourth-order valence-corrected chi connectivity index (χ4v) is 5.11. The van der Waals surface area contributed by atoms with Crippen LogP contribution in [-0.4, -0.2) is 69.7 Å². The summed E-state index contributed by atoms with van der Waals surface area (Å²) in [5.41, 5.74) is 0. The molecule has 2 atom stereocenters. The van der Waals surface area contributed by atoms with Crippen molar-refractivity contribution in [1.82, 2.24) is 9.21 Å². The highest BCUT2D eigenvalue weighted by Gasteiger charge is 2.44. The van der Waals surface area contributed by atoms with Gasteiger partial charge in [-0.15, -0.1) is 0 Å². The van der Waals surface area contributed by atoms with Gasteiger partial charge in [-0.3, -0.25) is 4.79 Å². The van der Waals surface area contributed by atoms with Crippen molar-refractivity contribution in [3.05, 3.63) is 0 Å². The van der Waals surface area contributed by atoms with Crippen molar-refractivity contribution in [2.75, 3.05) is 40.8 Å². The molecule has 21 heavy (non-hydrogen) atoms. The van der Waals surface area contributed by atoms with Gasteiger partial charge in [0.2, 0.25) is 10.0 Å². The van der Waals surface area contributed by atoms with Crippen LogP contribution in [0.15, 0.2) is 0 Å². The first-order valence-corrected chi connectivity index (χ1v) is 9.06. The second kappa shape index (κ2) is 8.10. The molecule has 0 N–H and O–H groups in total. The lowest BCUT2D eigenvalue weighted by Crippen LogP contribution is -2.45. The Hall–Kier alpha value is -0.660. The van der Waals surface area contributed by atoms with E-state index in [2.05, 4.69) is 0 Å². The van der Waals surface area contributed by atoms with Crippen LogP contribution in [0.3, 0.4) is 0 Å². The van der Waals surface area contributed by atoms with Crippen LogP contribution in [-0.2, 0) is 19.6 Å². The molecule has 124 valence electrons. The van der Waals surface area contributed by atoms with Crippen LogP contribution in [0.5, 0.6) is 0 Å². The average Bonchev–Trinajstić information content (AvgIpc) is 2.92. The van der Waals surface area contributed by atoms with Gasteiger partial charge in [-0.2, -0.15) is 0 Å². The van der Waals surface area contributed by atoms with Gasteiger partial charge in [-0.05, 0) is 33.4 Å². The van der Waals surface area contributed by atoms with Gasteiger partial charge in [-0.25, -0.2) is 12.7 Å². The maximum absolute atomic E-state index is 12.9. The van der Waals surface area contributed by atoms with E-state index in [1.54, 1.807) is 4.31 Å². The van der Waals surface area contributed by atoms with Gasteiger partial charge in [-0.1, -0.05) is 13.3 Å². The van der Waals surface area contributed by atoms with Crippen LogP contribution in [0.2, 0.25) is 0 Å². The molecule has 1 saturated carbocycles. The molecule has 1 fully saturated rings. The monoisotopic (exact) mass is 320 g/mol. The second-order valence-corrected chi connectivity index (χ2v) is 8.00. The molecule has 1 rings (SSSR count).